The van der Waals surface area contributed by atoms with Crippen LogP contribution >= 0.6 is 0 Å². The van der Waals surface area contributed by atoms with Crippen molar-refractivity contribution >= 4 is 15.7 Å². The summed E-state index contributed by atoms with van der Waals surface area (Å²) in [5.74, 6) is -0.476. The first kappa shape index (κ1) is 14.7. The number of nitrogens with zero attached hydrogens (tertiary/aromatic N) is 1. The average Bonchev–Trinajstić information content (AvgIpc) is 2.62. The van der Waals surface area contributed by atoms with Crippen LogP contribution in [0.3, 0.4) is 0 Å². The van der Waals surface area contributed by atoms with Gasteiger partial charge < -0.3 is 9.84 Å². The largest absolute Gasteiger partial charge is 0.351 e. The normalized spacial score (nSPS) is 12.4. The molecule has 0 aliphatic heterocycles. The summed E-state index contributed by atoms with van der Waals surface area (Å²) in [7, 11) is -3.23. The van der Waals surface area contributed by atoms with Gasteiger partial charge in [-0.1, -0.05) is 5.16 Å². The molecule has 0 bridgehead atoms. The van der Waals surface area contributed by atoms with Crippen LogP contribution in [0.2, 0.25) is 0 Å². The van der Waals surface area contributed by atoms with E-state index in [1.807, 2.05) is 0 Å². The first-order valence-electron chi connectivity index (χ1n) is 5.57. The Kier molecular flexibility index (Phi) is 4.16. The Labute approximate surface area is 107 Å². The molecule has 0 atom stereocenters. The number of hydrogen-bond acceptors (Lipinski definition) is 5. The lowest BCUT2D eigenvalue weighted by molar-refractivity contribution is 0.0919. The lowest BCUT2D eigenvalue weighted by Gasteiger charge is -2.18. The van der Waals surface area contributed by atoms with Gasteiger partial charge in [-0.3, -0.25) is 4.79 Å². The summed E-state index contributed by atoms with van der Waals surface area (Å²) in [5.41, 5.74) is 0.600. The Balaban J connectivity index is 2.51. The van der Waals surface area contributed by atoms with Crippen molar-refractivity contribution in [2.75, 3.05) is 12.3 Å². The second-order valence-corrected chi connectivity index (χ2v) is 7.88. The number of amides is 1. The molecule has 1 N–H and O–H groups in total. The molecule has 7 heteroatoms. The van der Waals surface area contributed by atoms with E-state index >= 15 is 0 Å². The van der Waals surface area contributed by atoms with Gasteiger partial charge >= 0.3 is 0 Å². The minimum Gasteiger partial charge on any atom is -0.351 e. The van der Waals surface area contributed by atoms with Crippen LogP contribution in [0.5, 0.6) is 0 Å². The molecule has 0 radical (unpaired) electrons. The molecule has 0 unspecified atom stereocenters. The summed E-state index contributed by atoms with van der Waals surface area (Å²) in [4.78, 5) is 11.6. The van der Waals surface area contributed by atoms with Gasteiger partial charge in [-0.05, 0) is 27.7 Å². The van der Waals surface area contributed by atoms with E-state index in [0.29, 0.717) is 5.69 Å². The monoisotopic (exact) mass is 274 g/mol. The fourth-order valence-electron chi connectivity index (χ4n) is 1.16. The molecule has 1 aromatic rings. The summed E-state index contributed by atoms with van der Waals surface area (Å²) in [5, 5.41) is 6.07. The first-order chi connectivity index (χ1) is 8.13. The Morgan fingerprint density at radius 2 is 2.06 bits per heavy atom. The minimum absolute atomic E-state index is 0.0538. The van der Waals surface area contributed by atoms with E-state index in [2.05, 4.69) is 10.5 Å². The average molecular weight is 274 g/mol. The standard InChI is InChI=1S/C11H18N2O4S/c1-8-7-9(17-13-8)10(14)12-5-6-18(15,16)11(2,3)4/h7H,5-6H2,1-4H3,(H,12,14). The van der Waals surface area contributed by atoms with Gasteiger partial charge in [0, 0.05) is 12.6 Å². The molecule has 0 aliphatic rings. The van der Waals surface area contributed by atoms with Gasteiger partial charge in [-0.15, -0.1) is 0 Å². The van der Waals surface area contributed by atoms with Crippen LogP contribution < -0.4 is 5.32 Å². The summed E-state index contributed by atoms with van der Waals surface area (Å²) in [6.07, 6.45) is 0. The summed E-state index contributed by atoms with van der Waals surface area (Å²) < 4.78 is 27.5. The van der Waals surface area contributed by atoms with Crippen LogP contribution in [-0.2, 0) is 9.84 Å². The zero-order valence-corrected chi connectivity index (χ0v) is 11.8. The highest BCUT2D eigenvalue weighted by Crippen LogP contribution is 2.15. The van der Waals surface area contributed by atoms with E-state index in [9.17, 15) is 13.2 Å². The molecule has 1 amide bonds. The van der Waals surface area contributed by atoms with E-state index in [1.165, 1.54) is 6.07 Å². The second kappa shape index (κ2) is 5.09. The Bertz CT molecular complexity index is 525. The van der Waals surface area contributed by atoms with Crippen LogP contribution in [-0.4, -0.2) is 36.5 Å². The van der Waals surface area contributed by atoms with Gasteiger partial charge in [0.1, 0.15) is 0 Å². The molecule has 18 heavy (non-hydrogen) atoms. The maximum absolute atomic E-state index is 11.8. The van der Waals surface area contributed by atoms with Gasteiger partial charge in [-0.25, -0.2) is 8.42 Å². The van der Waals surface area contributed by atoms with Gasteiger partial charge in [0.2, 0.25) is 5.76 Å². The molecule has 0 aliphatic carbocycles. The Morgan fingerprint density at radius 1 is 1.44 bits per heavy atom. The van der Waals surface area contributed by atoms with E-state index in [4.69, 9.17) is 4.52 Å². The van der Waals surface area contributed by atoms with E-state index < -0.39 is 20.5 Å². The molecule has 102 valence electrons. The fraction of sp³-hybridized carbons (Fsp3) is 0.636. The van der Waals surface area contributed by atoms with Gasteiger partial charge in [0.05, 0.1) is 16.2 Å². The lowest BCUT2D eigenvalue weighted by Crippen LogP contribution is -2.36. The number of carbonyl (C=O) groups excluding carboxylic acids is 1. The molecule has 6 nitrogen and oxygen atoms in total. The number of aryl methyl sites for hydroxylation is 1. The van der Waals surface area contributed by atoms with E-state index in [1.54, 1.807) is 27.7 Å². The molecule has 1 rings (SSSR count). The second-order valence-electron chi connectivity index (χ2n) is 5.02. The maximum atomic E-state index is 11.8. The molecule has 0 saturated carbocycles. The van der Waals surface area contributed by atoms with Crippen molar-refractivity contribution in [1.29, 1.82) is 0 Å². The molecule has 0 spiro atoms. The third-order valence-electron chi connectivity index (χ3n) is 2.44. The number of nitrogens with one attached hydrogen (secondary N) is 1. The molecular formula is C11H18N2O4S. The van der Waals surface area contributed by atoms with Crippen molar-refractivity contribution < 1.29 is 17.7 Å². The van der Waals surface area contributed by atoms with Gasteiger partial charge in [-0.2, -0.15) is 0 Å². The molecule has 0 aromatic carbocycles. The Hall–Kier alpha value is -1.37. The predicted octanol–water partition coefficient (Wildman–Crippen LogP) is 0.926. The zero-order chi connectivity index (χ0) is 14.0. The highest BCUT2D eigenvalue weighted by molar-refractivity contribution is 7.92. The van der Waals surface area contributed by atoms with Crippen molar-refractivity contribution in [3.63, 3.8) is 0 Å². The highest BCUT2D eigenvalue weighted by Gasteiger charge is 2.28. The van der Waals surface area contributed by atoms with Crippen LogP contribution in [0.25, 0.3) is 0 Å². The van der Waals surface area contributed by atoms with Crippen LogP contribution in [0.4, 0.5) is 0 Å². The van der Waals surface area contributed by atoms with Crippen molar-refractivity contribution in [2.24, 2.45) is 0 Å². The van der Waals surface area contributed by atoms with Crippen molar-refractivity contribution in [1.82, 2.24) is 10.5 Å². The van der Waals surface area contributed by atoms with Gasteiger partial charge in [0.25, 0.3) is 5.91 Å². The molecule has 0 fully saturated rings. The Morgan fingerprint density at radius 3 is 2.50 bits per heavy atom. The quantitative estimate of drug-likeness (QED) is 0.882. The summed E-state index contributed by atoms with van der Waals surface area (Å²) in [6.45, 7) is 6.64. The molecular weight excluding hydrogens is 256 g/mol. The van der Waals surface area contributed by atoms with E-state index in [-0.39, 0.29) is 18.1 Å². The SMILES string of the molecule is Cc1cc(C(=O)NCCS(=O)(=O)C(C)(C)C)on1. The van der Waals surface area contributed by atoms with Crippen LogP contribution in [0.15, 0.2) is 10.6 Å². The maximum Gasteiger partial charge on any atom is 0.289 e. The number of rotatable bonds is 4. The zero-order valence-electron chi connectivity index (χ0n) is 11.0. The highest BCUT2D eigenvalue weighted by atomic mass is 32.2. The fourth-order valence-corrected chi connectivity index (χ4v) is 2.15. The molecule has 1 heterocycles. The summed E-state index contributed by atoms with van der Waals surface area (Å²) in [6, 6.07) is 1.49. The number of carbonyl (C=O) groups is 1. The van der Waals surface area contributed by atoms with Crippen molar-refractivity contribution in [3.8, 4) is 0 Å². The molecule has 1 aromatic heterocycles. The van der Waals surface area contributed by atoms with Crippen LogP contribution in [0.1, 0.15) is 37.0 Å². The predicted molar refractivity (Wildman–Crippen MR) is 67.1 cm³/mol. The lowest BCUT2D eigenvalue weighted by atomic mass is 10.3. The minimum atomic E-state index is -3.23. The summed E-state index contributed by atoms with van der Waals surface area (Å²) >= 11 is 0. The van der Waals surface area contributed by atoms with E-state index in [0.717, 1.165) is 0 Å². The van der Waals surface area contributed by atoms with Crippen molar-refractivity contribution in [3.05, 3.63) is 17.5 Å². The smallest absolute Gasteiger partial charge is 0.289 e. The topological polar surface area (TPSA) is 89.3 Å². The molecule has 0 saturated heterocycles. The third kappa shape index (κ3) is 3.56. The first-order valence-corrected chi connectivity index (χ1v) is 7.22. The number of sulfone groups is 1. The van der Waals surface area contributed by atoms with Gasteiger partial charge in [0.15, 0.2) is 9.84 Å². The third-order valence-corrected chi connectivity index (χ3v) is 5.05. The number of aromatic nitrogens is 1. The number of hydrogen-bond donors (Lipinski definition) is 1. The van der Waals surface area contributed by atoms with Crippen molar-refractivity contribution in [2.45, 2.75) is 32.4 Å². The van der Waals surface area contributed by atoms with Crippen LogP contribution in [0, 0.1) is 6.92 Å².